The highest BCUT2D eigenvalue weighted by atomic mass is 35.5. The van der Waals surface area contributed by atoms with Crippen molar-refractivity contribution in [2.24, 2.45) is 5.92 Å². The molecular weight excluding hydrogens is 402 g/mol. The van der Waals surface area contributed by atoms with E-state index in [-0.39, 0.29) is 40.3 Å². The number of carbonyl (C=O) groups excluding carboxylic acids is 2. The summed E-state index contributed by atoms with van der Waals surface area (Å²) in [4.78, 5) is 36.6. The predicted octanol–water partition coefficient (Wildman–Crippen LogP) is 2.62. The van der Waals surface area contributed by atoms with Gasteiger partial charge in [-0.05, 0) is 32.3 Å². The van der Waals surface area contributed by atoms with E-state index in [4.69, 9.17) is 21.1 Å². The summed E-state index contributed by atoms with van der Waals surface area (Å²) in [6, 6.07) is 1.88. The first-order valence-electron chi connectivity index (χ1n) is 8.94. The maximum Gasteiger partial charge on any atom is 0.340 e. The highest BCUT2D eigenvalue weighted by Gasteiger charge is 2.33. The fourth-order valence-corrected chi connectivity index (χ4v) is 2.96. The number of carboxylic acid groups (broad SMARTS) is 1. The molecule has 0 bridgehead atoms. The molecule has 2 aromatic rings. The minimum absolute atomic E-state index is 0.00696. The zero-order valence-electron chi connectivity index (χ0n) is 16.1. The molecule has 2 unspecified atom stereocenters. The van der Waals surface area contributed by atoms with Crippen LogP contribution in [0.5, 0.6) is 0 Å². The van der Waals surface area contributed by atoms with Gasteiger partial charge >= 0.3 is 17.9 Å². The van der Waals surface area contributed by atoms with Crippen molar-refractivity contribution in [2.75, 3.05) is 6.61 Å². The molecule has 0 saturated carbocycles. The van der Waals surface area contributed by atoms with Crippen LogP contribution in [0.4, 0.5) is 0 Å². The van der Waals surface area contributed by atoms with Crippen molar-refractivity contribution in [3.8, 4) is 6.07 Å². The Kier molecular flexibility index (Phi) is 7.18. The average molecular weight is 422 g/mol. The van der Waals surface area contributed by atoms with E-state index < -0.39 is 29.9 Å². The highest BCUT2D eigenvalue weighted by molar-refractivity contribution is 6.35. The average Bonchev–Trinajstić information content (AvgIpc) is 3.05. The lowest BCUT2D eigenvalue weighted by Gasteiger charge is -2.16. The van der Waals surface area contributed by atoms with Gasteiger partial charge in [-0.25, -0.2) is 9.31 Å². The summed E-state index contributed by atoms with van der Waals surface area (Å²) in [6.07, 6.45) is 2.22. The predicted molar refractivity (Wildman–Crippen MR) is 102 cm³/mol. The standard InChI is InChI=1S/C19H20ClN3O6/c1-4-10(3)29-19(27)13(17(24)25)6-12-14(18(26)28-5-2)9-23-16(12)15(20)11(7-21)8-22-23/h8-10,13H,4-6H2,1-3H3,(H,24,25). The van der Waals surface area contributed by atoms with E-state index in [1.807, 2.05) is 6.07 Å². The summed E-state index contributed by atoms with van der Waals surface area (Å²) < 4.78 is 11.4. The Balaban J connectivity index is 2.62. The summed E-state index contributed by atoms with van der Waals surface area (Å²) >= 11 is 6.29. The zero-order chi connectivity index (χ0) is 21.7. The molecule has 0 aliphatic rings. The lowest BCUT2D eigenvalue weighted by atomic mass is 9.97. The first-order chi connectivity index (χ1) is 13.7. The second-order valence-electron chi connectivity index (χ2n) is 6.27. The Morgan fingerprint density at radius 3 is 2.62 bits per heavy atom. The van der Waals surface area contributed by atoms with E-state index in [1.165, 1.54) is 16.9 Å². The third-order valence-corrected chi connectivity index (χ3v) is 4.73. The second kappa shape index (κ2) is 9.39. The topological polar surface area (TPSA) is 131 Å². The summed E-state index contributed by atoms with van der Waals surface area (Å²) in [5, 5.41) is 22.8. The molecule has 0 aromatic carbocycles. The normalized spacial score (nSPS) is 12.8. The molecule has 0 fully saturated rings. The van der Waals surface area contributed by atoms with E-state index in [0.29, 0.717) is 6.42 Å². The Morgan fingerprint density at radius 1 is 1.38 bits per heavy atom. The second-order valence-corrected chi connectivity index (χ2v) is 6.65. The van der Waals surface area contributed by atoms with Gasteiger partial charge in [0.25, 0.3) is 0 Å². The number of carbonyl (C=O) groups is 3. The molecule has 154 valence electrons. The smallest absolute Gasteiger partial charge is 0.340 e. The molecule has 9 nitrogen and oxygen atoms in total. The quantitative estimate of drug-likeness (QED) is 0.508. The van der Waals surface area contributed by atoms with Gasteiger partial charge in [-0.1, -0.05) is 18.5 Å². The lowest BCUT2D eigenvalue weighted by molar-refractivity contribution is -0.161. The van der Waals surface area contributed by atoms with Gasteiger partial charge in [0.15, 0.2) is 5.92 Å². The minimum Gasteiger partial charge on any atom is -0.481 e. The molecular formula is C19H20ClN3O6. The molecule has 2 aromatic heterocycles. The van der Waals surface area contributed by atoms with Gasteiger partial charge in [-0.2, -0.15) is 10.4 Å². The summed E-state index contributed by atoms with van der Waals surface area (Å²) in [7, 11) is 0. The fourth-order valence-electron chi connectivity index (χ4n) is 2.67. The SMILES string of the molecule is CCOC(=O)c1cn2ncc(C#N)c(Cl)c2c1CC(C(=O)O)C(=O)OC(C)CC. The molecule has 29 heavy (non-hydrogen) atoms. The maximum atomic E-state index is 12.4. The van der Waals surface area contributed by atoms with Crippen LogP contribution in [0.3, 0.4) is 0 Å². The molecule has 2 atom stereocenters. The van der Waals surface area contributed by atoms with Crippen molar-refractivity contribution in [1.82, 2.24) is 9.61 Å². The first-order valence-corrected chi connectivity index (χ1v) is 9.32. The van der Waals surface area contributed by atoms with Gasteiger partial charge in [0.05, 0.1) is 40.6 Å². The Hall–Kier alpha value is -3.12. The molecule has 0 saturated heterocycles. The molecule has 2 heterocycles. The van der Waals surface area contributed by atoms with Crippen molar-refractivity contribution in [1.29, 1.82) is 5.26 Å². The number of nitriles is 1. The minimum atomic E-state index is -1.58. The van der Waals surface area contributed by atoms with Gasteiger partial charge in [-0.3, -0.25) is 9.59 Å². The van der Waals surface area contributed by atoms with E-state index >= 15 is 0 Å². The van der Waals surface area contributed by atoms with Crippen molar-refractivity contribution >= 4 is 35.0 Å². The molecule has 0 aliphatic carbocycles. The number of carboxylic acids is 1. The van der Waals surface area contributed by atoms with Crippen molar-refractivity contribution in [3.05, 3.63) is 34.1 Å². The van der Waals surface area contributed by atoms with Gasteiger partial charge < -0.3 is 14.6 Å². The number of fused-ring (bicyclic) bond motifs is 1. The number of hydrogen-bond donors (Lipinski definition) is 1. The number of aromatic nitrogens is 2. The number of aliphatic carboxylic acids is 1. The first kappa shape index (κ1) is 22.2. The van der Waals surface area contributed by atoms with E-state index in [2.05, 4.69) is 5.10 Å². The molecule has 0 amide bonds. The van der Waals surface area contributed by atoms with Crippen LogP contribution in [0.25, 0.3) is 5.52 Å². The highest BCUT2D eigenvalue weighted by Crippen LogP contribution is 2.30. The summed E-state index contributed by atoms with van der Waals surface area (Å²) in [6.45, 7) is 5.15. The van der Waals surface area contributed by atoms with Crippen LogP contribution in [0.1, 0.15) is 48.7 Å². The van der Waals surface area contributed by atoms with Crippen LogP contribution in [0, 0.1) is 17.2 Å². The van der Waals surface area contributed by atoms with Gasteiger partial charge in [0.2, 0.25) is 0 Å². The number of halogens is 1. The van der Waals surface area contributed by atoms with E-state index in [1.54, 1.807) is 20.8 Å². The van der Waals surface area contributed by atoms with Crippen LogP contribution in [0.2, 0.25) is 5.02 Å². The third kappa shape index (κ3) is 4.66. The number of hydrogen-bond acceptors (Lipinski definition) is 7. The molecule has 2 rings (SSSR count). The van der Waals surface area contributed by atoms with Crippen LogP contribution in [-0.2, 0) is 25.5 Å². The Morgan fingerprint density at radius 2 is 2.07 bits per heavy atom. The van der Waals surface area contributed by atoms with Gasteiger partial charge in [0, 0.05) is 6.20 Å². The molecule has 0 spiro atoms. The fraction of sp³-hybridized carbons (Fsp3) is 0.421. The summed E-state index contributed by atoms with van der Waals surface area (Å²) in [5.41, 5.74) is 0.366. The molecule has 1 N–H and O–H groups in total. The van der Waals surface area contributed by atoms with Crippen LogP contribution in [0.15, 0.2) is 12.4 Å². The van der Waals surface area contributed by atoms with Crippen LogP contribution in [-0.4, -0.2) is 45.3 Å². The zero-order valence-corrected chi connectivity index (χ0v) is 16.9. The van der Waals surface area contributed by atoms with Crippen LogP contribution < -0.4 is 0 Å². The van der Waals surface area contributed by atoms with Gasteiger partial charge in [-0.15, -0.1) is 0 Å². The number of rotatable bonds is 8. The molecule has 10 heteroatoms. The lowest BCUT2D eigenvalue weighted by Crippen LogP contribution is -2.30. The molecule has 0 aliphatic heterocycles. The molecule has 0 radical (unpaired) electrons. The van der Waals surface area contributed by atoms with Crippen molar-refractivity contribution in [3.63, 3.8) is 0 Å². The number of esters is 2. The summed E-state index contributed by atoms with van der Waals surface area (Å²) in [5.74, 6) is -4.64. The van der Waals surface area contributed by atoms with Crippen molar-refractivity contribution in [2.45, 2.75) is 39.7 Å². The monoisotopic (exact) mass is 421 g/mol. The Bertz CT molecular complexity index is 994. The maximum absolute atomic E-state index is 12.4. The Labute approximate surface area is 171 Å². The van der Waals surface area contributed by atoms with Crippen molar-refractivity contribution < 1.29 is 29.0 Å². The third-order valence-electron chi connectivity index (χ3n) is 4.35. The van der Waals surface area contributed by atoms with Gasteiger partial charge in [0.1, 0.15) is 6.07 Å². The number of ether oxygens (including phenoxy) is 2. The van der Waals surface area contributed by atoms with E-state index in [9.17, 15) is 24.8 Å². The van der Waals surface area contributed by atoms with Crippen LogP contribution >= 0.6 is 11.6 Å². The largest absolute Gasteiger partial charge is 0.481 e. The number of nitrogens with zero attached hydrogens (tertiary/aromatic N) is 3. The van der Waals surface area contributed by atoms with E-state index in [0.717, 1.165) is 0 Å².